The van der Waals surface area contributed by atoms with Crippen LogP contribution in [0, 0.1) is 0 Å². The van der Waals surface area contributed by atoms with Gasteiger partial charge in [-0.1, -0.05) is 20.8 Å². The van der Waals surface area contributed by atoms with E-state index in [-0.39, 0.29) is 11.3 Å². The second kappa shape index (κ2) is 3.66. The third-order valence-corrected chi connectivity index (χ3v) is 2.31. The van der Waals surface area contributed by atoms with Crippen molar-refractivity contribution in [2.45, 2.75) is 26.2 Å². The van der Waals surface area contributed by atoms with Gasteiger partial charge in [-0.15, -0.1) is 0 Å². The molecule has 90 valence electrons. The quantitative estimate of drug-likeness (QED) is 0.435. The summed E-state index contributed by atoms with van der Waals surface area (Å²) < 4.78 is 4.94. The zero-order valence-corrected chi connectivity index (χ0v) is 9.70. The van der Waals surface area contributed by atoms with Crippen LogP contribution in [-0.2, 0) is 5.41 Å². The van der Waals surface area contributed by atoms with E-state index in [0.29, 0.717) is 0 Å². The second-order valence-electron chi connectivity index (χ2n) is 4.55. The van der Waals surface area contributed by atoms with Gasteiger partial charge in [0.25, 0.3) is 0 Å². The molecule has 0 aliphatic rings. The molecule has 0 bridgehead atoms. The fourth-order valence-corrected chi connectivity index (χ4v) is 1.57. The van der Waals surface area contributed by atoms with E-state index in [9.17, 15) is 20.4 Å². The van der Waals surface area contributed by atoms with E-state index >= 15 is 0 Å². The molecule has 0 fully saturated rings. The van der Waals surface area contributed by atoms with Gasteiger partial charge < -0.3 is 25.2 Å². The molecular formula is C11H16O5. The number of hydrogen-bond acceptors (Lipinski definition) is 5. The Morgan fingerprint density at radius 3 is 1.62 bits per heavy atom. The van der Waals surface area contributed by atoms with E-state index in [0.717, 1.165) is 0 Å². The van der Waals surface area contributed by atoms with Crippen LogP contribution < -0.4 is 4.74 Å². The summed E-state index contributed by atoms with van der Waals surface area (Å²) in [5.74, 6) is -2.65. The zero-order valence-electron chi connectivity index (χ0n) is 9.70. The smallest absolute Gasteiger partial charge is 0.208 e. The molecule has 5 nitrogen and oxygen atoms in total. The molecule has 5 heteroatoms. The number of rotatable bonds is 1. The Balaban J connectivity index is 3.72. The van der Waals surface area contributed by atoms with E-state index in [4.69, 9.17) is 4.74 Å². The molecule has 0 radical (unpaired) electrons. The van der Waals surface area contributed by atoms with Gasteiger partial charge in [-0.2, -0.15) is 0 Å². The number of phenols is 4. The average molecular weight is 228 g/mol. The van der Waals surface area contributed by atoms with Gasteiger partial charge in [0.1, 0.15) is 0 Å². The van der Waals surface area contributed by atoms with Crippen LogP contribution in [0.15, 0.2) is 0 Å². The van der Waals surface area contributed by atoms with E-state index in [1.165, 1.54) is 7.11 Å². The molecule has 0 heterocycles. The number of ether oxygens (including phenoxy) is 1. The summed E-state index contributed by atoms with van der Waals surface area (Å²) in [6.07, 6.45) is 0. The molecule has 0 aliphatic carbocycles. The number of benzene rings is 1. The Labute approximate surface area is 93.5 Å². The van der Waals surface area contributed by atoms with Crippen molar-refractivity contribution in [3.63, 3.8) is 0 Å². The van der Waals surface area contributed by atoms with E-state index in [2.05, 4.69) is 0 Å². The Morgan fingerprint density at radius 2 is 1.25 bits per heavy atom. The summed E-state index contributed by atoms with van der Waals surface area (Å²) in [6, 6.07) is 0. The molecule has 16 heavy (non-hydrogen) atoms. The summed E-state index contributed by atoms with van der Waals surface area (Å²) >= 11 is 0. The van der Waals surface area contributed by atoms with E-state index < -0.39 is 28.4 Å². The molecule has 1 aromatic rings. The van der Waals surface area contributed by atoms with Crippen molar-refractivity contribution in [1.29, 1.82) is 0 Å². The molecule has 4 N–H and O–H groups in total. The first-order chi connectivity index (χ1) is 7.21. The average Bonchev–Trinajstić information content (AvgIpc) is 2.18. The van der Waals surface area contributed by atoms with E-state index in [1.807, 2.05) is 0 Å². The van der Waals surface area contributed by atoms with Crippen LogP contribution in [0.5, 0.6) is 28.7 Å². The van der Waals surface area contributed by atoms with Gasteiger partial charge in [0.2, 0.25) is 17.2 Å². The minimum atomic E-state index is -0.789. The number of phenolic OH excluding ortho intramolecular Hbond substituents is 4. The van der Waals surface area contributed by atoms with Crippen molar-refractivity contribution in [3.8, 4) is 28.7 Å². The highest BCUT2D eigenvalue weighted by molar-refractivity contribution is 5.69. The molecule has 0 saturated heterocycles. The van der Waals surface area contributed by atoms with Crippen molar-refractivity contribution < 1.29 is 25.2 Å². The maximum absolute atomic E-state index is 9.75. The Morgan fingerprint density at radius 1 is 0.812 bits per heavy atom. The van der Waals surface area contributed by atoms with Crippen LogP contribution in [0.25, 0.3) is 0 Å². The van der Waals surface area contributed by atoms with Gasteiger partial charge in [-0.25, -0.2) is 0 Å². The monoisotopic (exact) mass is 228 g/mol. The van der Waals surface area contributed by atoms with Gasteiger partial charge in [0.05, 0.1) is 7.11 Å². The highest BCUT2D eigenvalue weighted by atomic mass is 16.5. The first-order valence-electron chi connectivity index (χ1n) is 4.76. The van der Waals surface area contributed by atoms with Gasteiger partial charge in [0.15, 0.2) is 11.5 Å². The lowest BCUT2D eigenvalue weighted by molar-refractivity contribution is 0.308. The Kier molecular flexibility index (Phi) is 2.81. The predicted molar refractivity (Wildman–Crippen MR) is 58.4 cm³/mol. The lowest BCUT2D eigenvalue weighted by Crippen LogP contribution is -2.13. The Bertz CT molecular complexity index is 418. The number of methoxy groups -OCH3 is 1. The summed E-state index contributed by atoms with van der Waals surface area (Å²) in [7, 11) is 1.31. The second-order valence-corrected chi connectivity index (χ2v) is 4.55. The molecule has 1 aromatic carbocycles. The molecule has 0 atom stereocenters. The van der Waals surface area contributed by atoms with Gasteiger partial charge in [-0.05, 0) is 5.41 Å². The third-order valence-electron chi connectivity index (χ3n) is 2.31. The lowest BCUT2D eigenvalue weighted by atomic mass is 9.85. The van der Waals surface area contributed by atoms with Crippen LogP contribution in [0.4, 0.5) is 0 Å². The van der Waals surface area contributed by atoms with Crippen molar-refractivity contribution in [1.82, 2.24) is 0 Å². The SMILES string of the molecule is COc1c(O)c(O)c(O)c(O)c1C(C)(C)C. The van der Waals surface area contributed by atoms with Crippen LogP contribution in [0.3, 0.4) is 0 Å². The molecule has 0 aliphatic heterocycles. The van der Waals surface area contributed by atoms with Crippen LogP contribution in [0.1, 0.15) is 26.3 Å². The fourth-order valence-electron chi connectivity index (χ4n) is 1.57. The molecule has 1 rings (SSSR count). The topological polar surface area (TPSA) is 90.2 Å². The summed E-state index contributed by atoms with van der Waals surface area (Å²) in [4.78, 5) is 0. The fraction of sp³-hybridized carbons (Fsp3) is 0.455. The van der Waals surface area contributed by atoms with Crippen LogP contribution >= 0.6 is 0 Å². The summed E-state index contributed by atoms with van der Waals surface area (Å²) in [6.45, 7) is 5.33. The van der Waals surface area contributed by atoms with Crippen molar-refractivity contribution in [3.05, 3.63) is 5.56 Å². The van der Waals surface area contributed by atoms with Crippen molar-refractivity contribution in [2.24, 2.45) is 0 Å². The zero-order chi connectivity index (χ0) is 12.7. The van der Waals surface area contributed by atoms with Crippen LogP contribution in [-0.4, -0.2) is 27.5 Å². The first kappa shape index (κ1) is 12.3. The van der Waals surface area contributed by atoms with Gasteiger partial charge in [-0.3, -0.25) is 0 Å². The van der Waals surface area contributed by atoms with Crippen LogP contribution in [0.2, 0.25) is 0 Å². The minimum absolute atomic E-state index is 0.0414. The highest BCUT2D eigenvalue weighted by Crippen LogP contribution is 2.54. The molecule has 0 amide bonds. The Hall–Kier alpha value is -1.78. The predicted octanol–water partition coefficient (Wildman–Crippen LogP) is 1.82. The summed E-state index contributed by atoms with van der Waals surface area (Å²) in [5.41, 5.74) is -0.319. The molecular weight excluding hydrogens is 212 g/mol. The number of aromatic hydroxyl groups is 4. The lowest BCUT2D eigenvalue weighted by Gasteiger charge is -2.24. The maximum atomic E-state index is 9.75. The summed E-state index contributed by atoms with van der Waals surface area (Å²) in [5, 5.41) is 38.1. The van der Waals surface area contributed by atoms with Crippen molar-refractivity contribution >= 4 is 0 Å². The minimum Gasteiger partial charge on any atom is -0.504 e. The van der Waals surface area contributed by atoms with Gasteiger partial charge >= 0.3 is 0 Å². The highest BCUT2D eigenvalue weighted by Gasteiger charge is 2.31. The molecule has 0 saturated carbocycles. The van der Waals surface area contributed by atoms with E-state index in [1.54, 1.807) is 20.8 Å². The molecule has 0 spiro atoms. The molecule has 0 unspecified atom stereocenters. The third kappa shape index (κ3) is 1.68. The normalized spacial score (nSPS) is 11.5. The standard InChI is InChI=1S/C11H16O5/c1-11(2,3)5-6(12)7(13)8(14)9(15)10(5)16-4/h12-15H,1-4H3. The molecule has 0 aromatic heterocycles. The van der Waals surface area contributed by atoms with Crippen molar-refractivity contribution in [2.75, 3.05) is 7.11 Å². The number of hydrogen-bond donors (Lipinski definition) is 4. The largest absolute Gasteiger partial charge is 0.504 e. The van der Waals surface area contributed by atoms with Gasteiger partial charge in [0, 0.05) is 5.56 Å². The first-order valence-corrected chi connectivity index (χ1v) is 4.76. The maximum Gasteiger partial charge on any atom is 0.208 e.